The lowest BCUT2D eigenvalue weighted by molar-refractivity contribution is -0.137. The van der Waals surface area contributed by atoms with Gasteiger partial charge in [0.05, 0.1) is 23.0 Å². The number of hydrogen-bond acceptors (Lipinski definition) is 2. The Hall–Kier alpha value is -4.10. The van der Waals surface area contributed by atoms with Crippen molar-refractivity contribution in [3.05, 3.63) is 92.5 Å². The number of nitrogens with one attached hydrogen (secondary N) is 2. The number of alkyl halides is 3. The average Bonchev–Trinajstić information content (AvgIpc) is 3.28. The largest absolute Gasteiger partial charge is 0.416 e. The molecule has 0 saturated heterocycles. The summed E-state index contributed by atoms with van der Waals surface area (Å²) in [6, 6.07) is 4.97. The molecule has 3 amide bonds. The number of halogens is 6. The van der Waals surface area contributed by atoms with Crippen molar-refractivity contribution < 1.29 is 31.5 Å². The molecule has 2 aliphatic heterocycles. The molecule has 3 aromatic rings. The molecule has 1 atom stereocenters. The fraction of sp³-hybridized carbons (Fsp3) is 0.154. The molecule has 188 valence electrons. The molecule has 0 fully saturated rings. The van der Waals surface area contributed by atoms with Crippen LogP contribution in [0.15, 0.2) is 42.5 Å². The summed E-state index contributed by atoms with van der Waals surface area (Å²) >= 11 is 6.33. The number of anilines is 2. The van der Waals surface area contributed by atoms with E-state index in [2.05, 4.69) is 16.6 Å². The van der Waals surface area contributed by atoms with Crippen LogP contribution in [0.1, 0.15) is 44.2 Å². The first kappa shape index (κ1) is 24.6. The fourth-order valence-electron chi connectivity index (χ4n) is 4.67. The molecule has 5 rings (SSSR count). The molecule has 3 aromatic carbocycles. The standard InChI is InChI=1S/C26H15ClF5N3O2/c1-2-12-9-20(33-24(36)13-7-14(26(30,31)32)10-16(29)8-13)21-22(18-11-15(28)3-4-19(18)27)34-25(37)35-6-5-17(12)23(21)35/h1,3-4,7-11,22H,5-6H2,(H,33,36)(H,34,37). The predicted molar refractivity (Wildman–Crippen MR) is 127 cm³/mol. The molecule has 37 heavy (non-hydrogen) atoms. The number of rotatable bonds is 3. The van der Waals surface area contributed by atoms with Gasteiger partial charge in [0.2, 0.25) is 0 Å². The third-order valence-electron chi connectivity index (χ3n) is 6.26. The van der Waals surface area contributed by atoms with Gasteiger partial charge in [-0.2, -0.15) is 13.2 Å². The van der Waals surface area contributed by atoms with Crippen molar-refractivity contribution in [2.75, 3.05) is 16.8 Å². The summed E-state index contributed by atoms with van der Waals surface area (Å²) < 4.78 is 67.7. The summed E-state index contributed by atoms with van der Waals surface area (Å²) in [7, 11) is 0. The van der Waals surface area contributed by atoms with Gasteiger partial charge in [-0.15, -0.1) is 6.42 Å². The van der Waals surface area contributed by atoms with E-state index in [9.17, 15) is 31.5 Å². The maximum absolute atomic E-state index is 14.2. The first-order valence-electron chi connectivity index (χ1n) is 10.9. The number of terminal acetylenes is 1. The van der Waals surface area contributed by atoms with Gasteiger partial charge in [-0.3, -0.25) is 9.69 Å². The SMILES string of the molecule is C#Cc1cc(NC(=O)c2cc(F)cc(C(F)(F)F)c2)c2c3c1CCN3C(=O)NC2c1cc(F)ccc1Cl. The lowest BCUT2D eigenvalue weighted by Crippen LogP contribution is -2.46. The molecule has 2 heterocycles. The number of carbonyl (C=O) groups excluding carboxylic acids is 2. The number of nitrogens with zero attached hydrogens (tertiary/aromatic N) is 1. The van der Waals surface area contributed by atoms with E-state index in [1.165, 1.54) is 17.0 Å². The Labute approximate surface area is 212 Å². The van der Waals surface area contributed by atoms with E-state index in [1.807, 2.05) is 0 Å². The van der Waals surface area contributed by atoms with Gasteiger partial charge < -0.3 is 10.6 Å². The number of benzene rings is 3. The molecule has 11 heteroatoms. The molecule has 2 N–H and O–H groups in total. The van der Waals surface area contributed by atoms with E-state index in [1.54, 1.807) is 0 Å². The van der Waals surface area contributed by atoms with Crippen molar-refractivity contribution in [2.24, 2.45) is 0 Å². The normalized spacial score (nSPS) is 16.2. The summed E-state index contributed by atoms with van der Waals surface area (Å²) in [6.45, 7) is 0.280. The first-order valence-corrected chi connectivity index (χ1v) is 11.2. The van der Waals surface area contributed by atoms with Crippen LogP contribution < -0.4 is 15.5 Å². The van der Waals surface area contributed by atoms with Crippen LogP contribution in [-0.2, 0) is 12.6 Å². The second-order valence-electron chi connectivity index (χ2n) is 8.49. The topological polar surface area (TPSA) is 61.4 Å². The number of urea groups is 1. The summed E-state index contributed by atoms with van der Waals surface area (Å²) in [4.78, 5) is 27.4. The van der Waals surface area contributed by atoms with E-state index in [0.717, 1.165) is 12.1 Å². The van der Waals surface area contributed by atoms with Crippen LogP contribution in [0.4, 0.5) is 38.1 Å². The molecule has 0 aliphatic carbocycles. The van der Waals surface area contributed by atoms with Gasteiger partial charge in [-0.05, 0) is 54.4 Å². The minimum absolute atomic E-state index is 0.0479. The van der Waals surface area contributed by atoms with Crippen LogP contribution in [0.3, 0.4) is 0 Å². The van der Waals surface area contributed by atoms with Gasteiger partial charge in [0.15, 0.2) is 0 Å². The van der Waals surface area contributed by atoms with Crippen molar-refractivity contribution >= 4 is 34.9 Å². The van der Waals surface area contributed by atoms with E-state index in [-0.39, 0.29) is 28.9 Å². The smallest absolute Gasteiger partial charge is 0.327 e. The average molecular weight is 532 g/mol. The van der Waals surface area contributed by atoms with Gasteiger partial charge in [-0.25, -0.2) is 13.6 Å². The summed E-state index contributed by atoms with van der Waals surface area (Å²) in [5.74, 6) is -0.421. The Morgan fingerprint density at radius 2 is 1.89 bits per heavy atom. The third-order valence-corrected chi connectivity index (χ3v) is 6.61. The molecule has 5 nitrogen and oxygen atoms in total. The molecule has 0 spiro atoms. The van der Waals surface area contributed by atoms with Gasteiger partial charge >= 0.3 is 12.2 Å². The van der Waals surface area contributed by atoms with Crippen molar-refractivity contribution in [1.82, 2.24) is 5.32 Å². The third kappa shape index (κ3) is 4.25. The maximum Gasteiger partial charge on any atom is 0.416 e. The van der Waals surface area contributed by atoms with Crippen LogP contribution in [0.5, 0.6) is 0 Å². The lowest BCUT2D eigenvalue weighted by Gasteiger charge is -2.35. The zero-order valence-corrected chi connectivity index (χ0v) is 19.4. The van der Waals surface area contributed by atoms with Gasteiger partial charge in [0, 0.05) is 33.8 Å². The van der Waals surface area contributed by atoms with Crippen LogP contribution >= 0.6 is 11.6 Å². The first-order chi connectivity index (χ1) is 17.5. The highest BCUT2D eigenvalue weighted by Crippen LogP contribution is 2.47. The van der Waals surface area contributed by atoms with Crippen molar-refractivity contribution in [1.29, 1.82) is 0 Å². The Kier molecular flexibility index (Phi) is 5.83. The Bertz CT molecular complexity index is 1530. The molecule has 0 aromatic heterocycles. The van der Waals surface area contributed by atoms with Gasteiger partial charge in [0.1, 0.15) is 11.6 Å². The zero-order valence-electron chi connectivity index (χ0n) is 18.6. The highest BCUT2D eigenvalue weighted by atomic mass is 35.5. The maximum atomic E-state index is 14.2. The highest BCUT2D eigenvalue weighted by molar-refractivity contribution is 6.31. The quantitative estimate of drug-likeness (QED) is 0.319. The summed E-state index contributed by atoms with van der Waals surface area (Å²) in [5, 5.41) is 5.38. The van der Waals surface area contributed by atoms with Crippen molar-refractivity contribution in [3.8, 4) is 12.3 Å². The van der Waals surface area contributed by atoms with Crippen LogP contribution in [0, 0.1) is 24.0 Å². The second kappa shape index (κ2) is 8.78. The molecule has 0 radical (unpaired) electrons. The van der Waals surface area contributed by atoms with E-state index in [4.69, 9.17) is 18.0 Å². The van der Waals surface area contributed by atoms with E-state index < -0.39 is 46.9 Å². The number of hydrogen-bond donors (Lipinski definition) is 2. The Balaban J connectivity index is 1.68. The fourth-order valence-corrected chi connectivity index (χ4v) is 4.90. The van der Waals surface area contributed by atoms with Gasteiger partial charge in [-0.1, -0.05) is 17.5 Å². The number of carbonyl (C=O) groups is 2. The lowest BCUT2D eigenvalue weighted by atomic mass is 9.89. The van der Waals surface area contributed by atoms with Crippen LogP contribution in [-0.4, -0.2) is 18.5 Å². The second-order valence-corrected chi connectivity index (χ2v) is 8.89. The predicted octanol–water partition coefficient (Wildman–Crippen LogP) is 6.05. The molecular weight excluding hydrogens is 517 g/mol. The minimum atomic E-state index is -4.88. The molecule has 0 bridgehead atoms. The van der Waals surface area contributed by atoms with Crippen molar-refractivity contribution in [3.63, 3.8) is 0 Å². The molecule has 2 aliphatic rings. The summed E-state index contributed by atoms with van der Waals surface area (Å²) in [6.07, 6.45) is 1.20. The van der Waals surface area contributed by atoms with Gasteiger partial charge in [0.25, 0.3) is 5.91 Å². The summed E-state index contributed by atoms with van der Waals surface area (Å²) in [5.41, 5.74) is 0.0389. The Morgan fingerprint density at radius 3 is 2.59 bits per heavy atom. The number of amides is 3. The monoisotopic (exact) mass is 531 g/mol. The van der Waals surface area contributed by atoms with E-state index >= 15 is 0 Å². The highest BCUT2D eigenvalue weighted by Gasteiger charge is 2.40. The molecule has 1 unspecified atom stereocenters. The van der Waals surface area contributed by atoms with Crippen LogP contribution in [0.2, 0.25) is 5.02 Å². The van der Waals surface area contributed by atoms with Crippen LogP contribution in [0.25, 0.3) is 0 Å². The van der Waals surface area contributed by atoms with Crippen molar-refractivity contribution in [2.45, 2.75) is 18.6 Å². The molecular formula is C26H15ClF5N3O2. The minimum Gasteiger partial charge on any atom is -0.327 e. The van der Waals surface area contributed by atoms with E-state index in [0.29, 0.717) is 40.9 Å². The zero-order chi connectivity index (χ0) is 26.6. The molecule has 0 saturated carbocycles. The Morgan fingerprint density at radius 1 is 1.14 bits per heavy atom.